The van der Waals surface area contributed by atoms with Crippen molar-refractivity contribution in [3.05, 3.63) is 39.4 Å². The molecule has 5 amide bonds. The van der Waals surface area contributed by atoms with Gasteiger partial charge in [0.15, 0.2) is 0 Å². The quantitative estimate of drug-likeness (QED) is 0.241. The van der Waals surface area contributed by atoms with Crippen molar-refractivity contribution in [2.45, 2.75) is 32.8 Å². The Hall–Kier alpha value is -3.70. The SMILES string of the molecule is CC(C)(C)OC(=O)NCCNC(=O)NCCCN1C(=O)c2ccc([N+](=O)[O-])cc2C1=O. The van der Waals surface area contributed by atoms with Crippen LogP contribution in [0.15, 0.2) is 18.2 Å². The third kappa shape index (κ3) is 6.66. The lowest BCUT2D eigenvalue weighted by Crippen LogP contribution is -2.42. The number of amides is 5. The van der Waals surface area contributed by atoms with Crippen LogP contribution in [-0.4, -0.2) is 65.5 Å². The van der Waals surface area contributed by atoms with Crippen LogP contribution in [0.5, 0.6) is 0 Å². The fraction of sp³-hybridized carbons (Fsp3) is 0.474. The molecule has 3 N–H and O–H groups in total. The van der Waals surface area contributed by atoms with E-state index in [0.717, 1.165) is 11.0 Å². The molecule has 0 spiro atoms. The average molecular weight is 435 g/mol. The minimum absolute atomic E-state index is 0.00221. The number of nitrogens with one attached hydrogen (secondary N) is 3. The highest BCUT2D eigenvalue weighted by Crippen LogP contribution is 2.26. The van der Waals surface area contributed by atoms with Crippen molar-refractivity contribution in [1.29, 1.82) is 0 Å². The maximum Gasteiger partial charge on any atom is 0.407 e. The molecule has 0 radical (unpaired) electrons. The summed E-state index contributed by atoms with van der Waals surface area (Å²) in [6, 6.07) is 3.07. The van der Waals surface area contributed by atoms with E-state index in [1.165, 1.54) is 12.1 Å². The average Bonchev–Trinajstić information content (AvgIpc) is 2.91. The molecule has 0 saturated heterocycles. The van der Waals surface area contributed by atoms with Crippen LogP contribution in [0.4, 0.5) is 15.3 Å². The number of ether oxygens (including phenoxy) is 1. The van der Waals surface area contributed by atoms with Crippen molar-refractivity contribution in [2.24, 2.45) is 0 Å². The largest absolute Gasteiger partial charge is 0.444 e. The topological polar surface area (TPSA) is 160 Å². The highest BCUT2D eigenvalue weighted by atomic mass is 16.6. The Bertz CT molecular complexity index is 894. The zero-order valence-corrected chi connectivity index (χ0v) is 17.5. The number of hydrogen-bond acceptors (Lipinski definition) is 7. The van der Waals surface area contributed by atoms with Crippen LogP contribution in [0.25, 0.3) is 0 Å². The number of imide groups is 1. The van der Waals surface area contributed by atoms with Crippen molar-refractivity contribution in [2.75, 3.05) is 26.2 Å². The van der Waals surface area contributed by atoms with E-state index in [1.807, 2.05) is 0 Å². The number of alkyl carbamates (subject to hydrolysis) is 1. The molecule has 1 aromatic carbocycles. The molecule has 0 aliphatic carbocycles. The molecule has 0 unspecified atom stereocenters. The molecule has 0 atom stereocenters. The van der Waals surface area contributed by atoms with Crippen LogP contribution in [0, 0.1) is 10.1 Å². The Labute approximate surface area is 178 Å². The second kappa shape index (κ2) is 9.87. The molecule has 1 aliphatic heterocycles. The summed E-state index contributed by atoms with van der Waals surface area (Å²) in [6.45, 7) is 5.84. The number of benzene rings is 1. The number of nitro groups is 1. The Balaban J connectivity index is 1.68. The van der Waals surface area contributed by atoms with Crippen LogP contribution in [0.3, 0.4) is 0 Å². The lowest BCUT2D eigenvalue weighted by molar-refractivity contribution is -0.384. The van der Waals surface area contributed by atoms with Gasteiger partial charge in [-0.25, -0.2) is 9.59 Å². The first-order valence-electron chi connectivity index (χ1n) is 9.63. The van der Waals surface area contributed by atoms with E-state index in [4.69, 9.17) is 4.74 Å². The van der Waals surface area contributed by atoms with Crippen molar-refractivity contribution in [1.82, 2.24) is 20.9 Å². The van der Waals surface area contributed by atoms with E-state index < -0.39 is 34.5 Å². The molecule has 1 aliphatic rings. The number of nitrogens with zero attached hydrogens (tertiary/aromatic N) is 2. The highest BCUT2D eigenvalue weighted by molar-refractivity contribution is 6.21. The normalized spacial score (nSPS) is 12.9. The Morgan fingerprint density at radius 3 is 2.29 bits per heavy atom. The molecule has 0 aromatic heterocycles. The van der Waals surface area contributed by atoms with E-state index in [0.29, 0.717) is 6.42 Å². The number of hydrogen-bond donors (Lipinski definition) is 3. The van der Waals surface area contributed by atoms with Gasteiger partial charge < -0.3 is 20.7 Å². The number of carbonyl (C=O) groups is 4. The summed E-state index contributed by atoms with van der Waals surface area (Å²) in [4.78, 5) is 59.1. The van der Waals surface area contributed by atoms with Crippen molar-refractivity contribution < 1.29 is 28.8 Å². The van der Waals surface area contributed by atoms with Crippen LogP contribution < -0.4 is 16.0 Å². The standard InChI is InChI=1S/C19H25N5O7/c1-19(2,3)31-18(28)22-9-8-21-17(27)20-7-4-10-23-15(25)13-6-5-12(24(29)30)11-14(13)16(23)26/h5-6,11H,4,7-10H2,1-3H3,(H,22,28)(H2,20,21,27). The first-order valence-corrected chi connectivity index (χ1v) is 9.63. The number of fused-ring (bicyclic) bond motifs is 1. The zero-order chi connectivity index (χ0) is 23.2. The predicted octanol–water partition coefficient (Wildman–Crippen LogP) is 1.40. The Morgan fingerprint density at radius 1 is 1.03 bits per heavy atom. The minimum Gasteiger partial charge on any atom is -0.444 e. The van der Waals surface area contributed by atoms with Gasteiger partial charge in [0.25, 0.3) is 17.5 Å². The van der Waals surface area contributed by atoms with E-state index in [1.54, 1.807) is 20.8 Å². The third-order valence-corrected chi connectivity index (χ3v) is 4.09. The lowest BCUT2D eigenvalue weighted by Gasteiger charge is -2.19. The summed E-state index contributed by atoms with van der Waals surface area (Å²) in [6.07, 6.45) is -0.280. The lowest BCUT2D eigenvalue weighted by atomic mass is 10.1. The molecular weight excluding hydrogens is 410 g/mol. The monoisotopic (exact) mass is 435 g/mol. The second-order valence-corrected chi connectivity index (χ2v) is 7.71. The van der Waals surface area contributed by atoms with Gasteiger partial charge in [0.1, 0.15) is 5.60 Å². The molecule has 0 fully saturated rings. The Kier molecular flexibility index (Phi) is 7.51. The molecule has 2 rings (SSSR count). The maximum atomic E-state index is 12.4. The summed E-state index contributed by atoms with van der Waals surface area (Å²) in [5.41, 5.74) is -0.745. The molecule has 0 saturated carbocycles. The number of urea groups is 1. The van der Waals surface area contributed by atoms with E-state index in [-0.39, 0.29) is 43.0 Å². The first-order chi connectivity index (χ1) is 14.5. The molecular formula is C19H25N5O7. The summed E-state index contributed by atoms with van der Waals surface area (Å²) < 4.78 is 5.06. The third-order valence-electron chi connectivity index (χ3n) is 4.09. The van der Waals surface area contributed by atoms with Crippen molar-refractivity contribution >= 4 is 29.6 Å². The molecule has 12 heteroatoms. The van der Waals surface area contributed by atoms with Gasteiger partial charge in [-0.15, -0.1) is 0 Å². The molecule has 0 bridgehead atoms. The molecule has 31 heavy (non-hydrogen) atoms. The van der Waals surface area contributed by atoms with Crippen LogP contribution in [0.1, 0.15) is 47.9 Å². The van der Waals surface area contributed by atoms with Crippen molar-refractivity contribution in [3.63, 3.8) is 0 Å². The van der Waals surface area contributed by atoms with Crippen LogP contribution >= 0.6 is 0 Å². The van der Waals surface area contributed by atoms with Gasteiger partial charge in [-0.1, -0.05) is 0 Å². The fourth-order valence-corrected chi connectivity index (χ4v) is 2.75. The van der Waals surface area contributed by atoms with Gasteiger partial charge in [0.2, 0.25) is 0 Å². The zero-order valence-electron chi connectivity index (χ0n) is 17.5. The van der Waals surface area contributed by atoms with Gasteiger partial charge in [0.05, 0.1) is 16.1 Å². The summed E-state index contributed by atoms with van der Waals surface area (Å²) >= 11 is 0. The molecule has 168 valence electrons. The number of nitro benzene ring substituents is 1. The number of carbonyl (C=O) groups excluding carboxylic acids is 4. The first kappa shape index (κ1) is 23.6. The van der Waals surface area contributed by atoms with Crippen LogP contribution in [-0.2, 0) is 4.74 Å². The smallest absolute Gasteiger partial charge is 0.407 e. The summed E-state index contributed by atoms with van der Waals surface area (Å²) in [5, 5.41) is 18.5. The van der Waals surface area contributed by atoms with E-state index >= 15 is 0 Å². The van der Waals surface area contributed by atoms with E-state index in [9.17, 15) is 29.3 Å². The molecule has 1 aromatic rings. The number of non-ortho nitro benzene ring substituents is 1. The molecule has 1 heterocycles. The fourth-order valence-electron chi connectivity index (χ4n) is 2.75. The van der Waals surface area contributed by atoms with Crippen molar-refractivity contribution in [3.8, 4) is 0 Å². The summed E-state index contributed by atoms with van der Waals surface area (Å²) in [5.74, 6) is -1.12. The highest BCUT2D eigenvalue weighted by Gasteiger charge is 2.36. The van der Waals surface area contributed by atoms with Gasteiger partial charge in [-0.3, -0.25) is 24.6 Å². The Morgan fingerprint density at radius 2 is 1.65 bits per heavy atom. The van der Waals surface area contributed by atoms with Gasteiger partial charge in [-0.05, 0) is 33.3 Å². The van der Waals surface area contributed by atoms with Gasteiger partial charge >= 0.3 is 12.1 Å². The van der Waals surface area contributed by atoms with Crippen LogP contribution in [0.2, 0.25) is 0 Å². The predicted molar refractivity (Wildman–Crippen MR) is 109 cm³/mol. The van der Waals surface area contributed by atoms with E-state index in [2.05, 4.69) is 16.0 Å². The molecule has 12 nitrogen and oxygen atoms in total. The van der Waals surface area contributed by atoms with Gasteiger partial charge in [-0.2, -0.15) is 0 Å². The minimum atomic E-state index is -0.633. The number of rotatable bonds is 8. The maximum absolute atomic E-state index is 12.4. The summed E-state index contributed by atoms with van der Waals surface area (Å²) in [7, 11) is 0. The second-order valence-electron chi connectivity index (χ2n) is 7.71. The van der Waals surface area contributed by atoms with Gasteiger partial charge in [0, 0.05) is 38.3 Å².